The summed E-state index contributed by atoms with van der Waals surface area (Å²) in [5.41, 5.74) is 2.06. The van der Waals surface area contributed by atoms with Crippen LogP contribution in [0.3, 0.4) is 0 Å². The minimum absolute atomic E-state index is 0.184. The first-order valence-electron chi connectivity index (χ1n) is 7.34. The molecular weight excluding hydrogens is 322 g/mol. The zero-order valence-electron chi connectivity index (χ0n) is 12.9. The third-order valence-corrected chi connectivity index (χ3v) is 4.11. The first-order valence-corrected chi connectivity index (χ1v) is 8.15. The van der Waals surface area contributed by atoms with Crippen molar-refractivity contribution >= 4 is 33.3 Å². The van der Waals surface area contributed by atoms with Crippen LogP contribution in [0.15, 0.2) is 60.7 Å². The lowest BCUT2D eigenvalue weighted by molar-refractivity contribution is -0.114. The highest BCUT2D eigenvalue weighted by atomic mass is 32.1. The molecule has 0 aliphatic carbocycles. The van der Waals surface area contributed by atoms with Crippen molar-refractivity contribution in [3.63, 3.8) is 0 Å². The fourth-order valence-electron chi connectivity index (χ4n) is 2.17. The maximum atomic E-state index is 12.3. The second kappa shape index (κ2) is 7.06. The third kappa shape index (κ3) is 3.67. The predicted octanol–water partition coefficient (Wildman–Crippen LogP) is 4.02. The van der Waals surface area contributed by atoms with E-state index in [-0.39, 0.29) is 11.8 Å². The van der Waals surface area contributed by atoms with Gasteiger partial charge in [-0.3, -0.25) is 14.9 Å². The van der Waals surface area contributed by atoms with Crippen LogP contribution < -0.4 is 10.6 Å². The molecule has 0 saturated carbocycles. The topological polar surface area (TPSA) is 71.1 Å². The van der Waals surface area contributed by atoms with Gasteiger partial charge in [0.25, 0.3) is 5.91 Å². The van der Waals surface area contributed by atoms with Crippen LogP contribution in [0, 0.1) is 0 Å². The van der Waals surface area contributed by atoms with Gasteiger partial charge in [0.1, 0.15) is 10.7 Å². The molecule has 1 aromatic heterocycles. The SMILES string of the molecule is CC(=O)Nc1sc(NC(=O)c2ccccc2)nc1-c1ccccc1. The lowest BCUT2D eigenvalue weighted by atomic mass is 10.2. The third-order valence-electron chi connectivity index (χ3n) is 3.22. The largest absolute Gasteiger partial charge is 0.316 e. The van der Waals surface area contributed by atoms with Crippen LogP contribution in [0.5, 0.6) is 0 Å². The predicted molar refractivity (Wildman–Crippen MR) is 96.2 cm³/mol. The van der Waals surface area contributed by atoms with Crippen LogP contribution in [-0.4, -0.2) is 16.8 Å². The Morgan fingerprint density at radius 3 is 2.17 bits per heavy atom. The number of hydrogen-bond acceptors (Lipinski definition) is 4. The van der Waals surface area contributed by atoms with Gasteiger partial charge in [-0.2, -0.15) is 0 Å². The molecule has 3 aromatic rings. The molecule has 0 bridgehead atoms. The van der Waals surface area contributed by atoms with E-state index in [1.54, 1.807) is 24.3 Å². The molecule has 0 atom stereocenters. The second-order valence-corrected chi connectivity index (χ2v) is 6.06. The van der Waals surface area contributed by atoms with E-state index >= 15 is 0 Å². The summed E-state index contributed by atoms with van der Waals surface area (Å²) in [6, 6.07) is 18.4. The Morgan fingerprint density at radius 2 is 1.54 bits per heavy atom. The molecule has 0 saturated heterocycles. The van der Waals surface area contributed by atoms with Crippen LogP contribution in [0.2, 0.25) is 0 Å². The number of rotatable bonds is 4. The van der Waals surface area contributed by atoms with Gasteiger partial charge < -0.3 is 5.32 Å². The van der Waals surface area contributed by atoms with Crippen molar-refractivity contribution in [2.45, 2.75) is 6.92 Å². The summed E-state index contributed by atoms with van der Waals surface area (Å²) >= 11 is 1.23. The Morgan fingerprint density at radius 1 is 0.917 bits per heavy atom. The molecule has 0 unspecified atom stereocenters. The molecule has 2 amide bonds. The summed E-state index contributed by atoms with van der Waals surface area (Å²) in [6.45, 7) is 1.44. The second-order valence-electron chi connectivity index (χ2n) is 5.06. The van der Waals surface area contributed by atoms with Crippen molar-refractivity contribution < 1.29 is 9.59 Å². The summed E-state index contributed by atoms with van der Waals surface area (Å²) in [6.07, 6.45) is 0. The van der Waals surface area contributed by atoms with E-state index in [1.807, 2.05) is 36.4 Å². The van der Waals surface area contributed by atoms with Gasteiger partial charge in [-0.1, -0.05) is 59.9 Å². The Bertz CT molecular complexity index is 860. The summed E-state index contributed by atoms with van der Waals surface area (Å²) in [5, 5.41) is 6.60. The monoisotopic (exact) mass is 337 g/mol. The summed E-state index contributed by atoms with van der Waals surface area (Å²) in [5.74, 6) is -0.421. The molecule has 0 fully saturated rings. The van der Waals surface area contributed by atoms with Crippen LogP contribution in [0.4, 0.5) is 10.1 Å². The summed E-state index contributed by atoms with van der Waals surface area (Å²) < 4.78 is 0. The molecule has 5 nitrogen and oxygen atoms in total. The number of aromatic nitrogens is 1. The number of carbonyl (C=O) groups excluding carboxylic acids is 2. The first kappa shape index (κ1) is 15.9. The van der Waals surface area contributed by atoms with E-state index in [1.165, 1.54) is 18.3 Å². The van der Waals surface area contributed by atoms with Crippen molar-refractivity contribution in [3.8, 4) is 11.3 Å². The van der Waals surface area contributed by atoms with Gasteiger partial charge in [0.15, 0.2) is 5.13 Å². The van der Waals surface area contributed by atoms with Crippen LogP contribution >= 0.6 is 11.3 Å². The normalized spacial score (nSPS) is 10.2. The number of anilines is 2. The smallest absolute Gasteiger partial charge is 0.257 e. The van der Waals surface area contributed by atoms with Crippen molar-refractivity contribution in [3.05, 3.63) is 66.2 Å². The zero-order valence-corrected chi connectivity index (χ0v) is 13.8. The van der Waals surface area contributed by atoms with Crippen LogP contribution in [0.1, 0.15) is 17.3 Å². The van der Waals surface area contributed by atoms with Crippen molar-refractivity contribution in [1.29, 1.82) is 0 Å². The van der Waals surface area contributed by atoms with Crippen LogP contribution in [0.25, 0.3) is 11.3 Å². The lowest BCUT2D eigenvalue weighted by Gasteiger charge is -2.01. The molecule has 2 N–H and O–H groups in total. The minimum Gasteiger partial charge on any atom is -0.316 e. The average molecular weight is 337 g/mol. The van der Waals surface area contributed by atoms with Gasteiger partial charge in [-0.15, -0.1) is 0 Å². The van der Waals surface area contributed by atoms with E-state index in [9.17, 15) is 9.59 Å². The van der Waals surface area contributed by atoms with E-state index < -0.39 is 0 Å². The molecule has 2 aromatic carbocycles. The molecule has 0 spiro atoms. The van der Waals surface area contributed by atoms with E-state index in [2.05, 4.69) is 15.6 Å². The summed E-state index contributed by atoms with van der Waals surface area (Å²) in [7, 11) is 0. The Kier molecular flexibility index (Phi) is 4.67. The number of benzene rings is 2. The highest BCUT2D eigenvalue weighted by Gasteiger charge is 2.16. The number of thiazole rings is 1. The van der Waals surface area contributed by atoms with Crippen molar-refractivity contribution in [2.75, 3.05) is 10.6 Å². The molecule has 24 heavy (non-hydrogen) atoms. The van der Waals surface area contributed by atoms with Gasteiger partial charge in [-0.05, 0) is 12.1 Å². The minimum atomic E-state index is -0.238. The Hall–Kier alpha value is -2.99. The van der Waals surface area contributed by atoms with Gasteiger partial charge >= 0.3 is 0 Å². The van der Waals surface area contributed by atoms with Crippen molar-refractivity contribution in [2.24, 2.45) is 0 Å². The molecule has 0 aliphatic heterocycles. The lowest BCUT2D eigenvalue weighted by Crippen LogP contribution is -2.11. The molecule has 6 heteroatoms. The van der Waals surface area contributed by atoms with Gasteiger partial charge in [0, 0.05) is 18.1 Å². The molecule has 120 valence electrons. The van der Waals surface area contributed by atoms with E-state index in [0.717, 1.165) is 5.56 Å². The maximum Gasteiger partial charge on any atom is 0.257 e. The Labute approximate surface area is 143 Å². The standard InChI is InChI=1S/C18H15N3O2S/c1-12(22)19-17-15(13-8-4-2-5-9-13)20-18(24-17)21-16(23)14-10-6-3-7-11-14/h2-11H,1H3,(H,19,22)(H,20,21,23). The van der Waals surface area contributed by atoms with Crippen LogP contribution in [-0.2, 0) is 4.79 Å². The molecule has 0 radical (unpaired) electrons. The molecule has 1 heterocycles. The number of hydrogen-bond donors (Lipinski definition) is 2. The summed E-state index contributed by atoms with van der Waals surface area (Å²) in [4.78, 5) is 28.2. The molecule has 0 aliphatic rings. The maximum absolute atomic E-state index is 12.3. The van der Waals surface area contributed by atoms with Gasteiger partial charge in [0.05, 0.1) is 0 Å². The molecular formula is C18H15N3O2S. The van der Waals surface area contributed by atoms with Gasteiger partial charge in [-0.25, -0.2) is 4.98 Å². The first-order chi connectivity index (χ1) is 11.6. The number of amides is 2. The zero-order chi connectivity index (χ0) is 16.9. The van der Waals surface area contributed by atoms with Gasteiger partial charge in [0.2, 0.25) is 5.91 Å². The van der Waals surface area contributed by atoms with E-state index in [4.69, 9.17) is 0 Å². The van der Waals surface area contributed by atoms with E-state index in [0.29, 0.717) is 21.4 Å². The average Bonchev–Trinajstić information content (AvgIpc) is 2.98. The fraction of sp³-hybridized carbons (Fsp3) is 0.0556. The molecule has 3 rings (SSSR count). The number of nitrogens with zero attached hydrogens (tertiary/aromatic N) is 1. The fourth-order valence-corrected chi connectivity index (χ4v) is 3.10. The quantitative estimate of drug-likeness (QED) is 0.755. The highest BCUT2D eigenvalue weighted by molar-refractivity contribution is 7.20. The number of carbonyl (C=O) groups is 2. The Balaban J connectivity index is 1.91. The highest BCUT2D eigenvalue weighted by Crippen LogP contribution is 2.35. The number of nitrogens with one attached hydrogen (secondary N) is 2. The van der Waals surface area contributed by atoms with Crippen molar-refractivity contribution in [1.82, 2.24) is 4.98 Å².